The first kappa shape index (κ1) is 22.0. The number of methoxy groups -OCH3 is 2. The lowest BCUT2D eigenvalue weighted by Crippen LogP contribution is -2.07. The number of nitrogens with one attached hydrogen (secondary N) is 1. The summed E-state index contributed by atoms with van der Waals surface area (Å²) < 4.78 is 21.3. The number of hydrogen-bond acceptors (Lipinski definition) is 8. The number of benzene rings is 2. The van der Waals surface area contributed by atoms with Gasteiger partial charge >= 0.3 is 0 Å². The lowest BCUT2D eigenvalue weighted by molar-refractivity contribution is -0.111. The highest BCUT2D eigenvalue weighted by molar-refractivity contribution is 7.97. The van der Waals surface area contributed by atoms with E-state index in [0.717, 1.165) is 39.8 Å². The molecule has 2 aromatic carbocycles. The number of fused-ring (bicyclic) bond motifs is 1. The molecule has 166 valence electrons. The molecule has 0 saturated heterocycles. The number of carbonyl (C=O) groups excluding carboxylic acids is 1. The number of rotatable bonds is 9. The second-order valence-corrected chi connectivity index (χ2v) is 8.64. The summed E-state index contributed by atoms with van der Waals surface area (Å²) in [7, 11) is 3.28. The molecule has 2 heterocycles. The quantitative estimate of drug-likeness (QED) is 0.442. The minimum atomic E-state index is -0.236. The third-order valence-electron chi connectivity index (χ3n) is 4.54. The van der Waals surface area contributed by atoms with E-state index >= 15 is 0 Å². The number of carbonyl (C=O) groups is 1. The molecule has 3 aromatic rings. The van der Waals surface area contributed by atoms with Crippen LogP contribution in [0.2, 0.25) is 0 Å². The first-order chi connectivity index (χ1) is 15.6. The Labute approximate surface area is 194 Å². The van der Waals surface area contributed by atoms with Crippen LogP contribution in [-0.4, -0.2) is 31.9 Å². The zero-order valence-electron chi connectivity index (χ0n) is 17.6. The second-order valence-electron chi connectivity index (χ2n) is 6.79. The van der Waals surface area contributed by atoms with E-state index < -0.39 is 0 Å². The highest BCUT2D eigenvalue weighted by Gasteiger charge is 2.12. The van der Waals surface area contributed by atoms with Crippen LogP contribution in [0.15, 0.2) is 47.9 Å². The molecule has 0 unspecified atom stereocenters. The van der Waals surface area contributed by atoms with Gasteiger partial charge in [-0.3, -0.25) is 10.1 Å². The third kappa shape index (κ3) is 5.74. The van der Waals surface area contributed by atoms with Crippen molar-refractivity contribution < 1.29 is 23.7 Å². The fourth-order valence-corrected chi connectivity index (χ4v) is 4.67. The van der Waals surface area contributed by atoms with E-state index in [4.69, 9.17) is 18.9 Å². The molecule has 1 aliphatic rings. The Bertz CT molecular complexity index is 1110. The van der Waals surface area contributed by atoms with Crippen molar-refractivity contribution in [1.29, 1.82) is 0 Å². The van der Waals surface area contributed by atoms with E-state index in [9.17, 15) is 4.79 Å². The molecule has 0 radical (unpaired) electrons. The van der Waals surface area contributed by atoms with Crippen molar-refractivity contribution in [3.8, 4) is 23.0 Å². The van der Waals surface area contributed by atoms with Gasteiger partial charge in [-0.1, -0.05) is 6.07 Å². The Hall–Kier alpha value is -3.17. The van der Waals surface area contributed by atoms with Gasteiger partial charge in [0.15, 0.2) is 16.6 Å². The van der Waals surface area contributed by atoms with Crippen LogP contribution in [0.4, 0.5) is 5.13 Å². The monoisotopic (exact) mass is 470 g/mol. The predicted octanol–water partition coefficient (Wildman–Crippen LogP) is 4.97. The Morgan fingerprint density at radius 1 is 1.12 bits per heavy atom. The number of aromatic nitrogens is 1. The maximum Gasteiger partial charge on any atom is 0.250 e. The second kappa shape index (κ2) is 10.4. The molecular formula is C23H22N2O5S2. The summed E-state index contributed by atoms with van der Waals surface area (Å²) in [6.45, 7) is 0.224. The molecule has 4 rings (SSSR count). The Morgan fingerprint density at radius 2 is 1.91 bits per heavy atom. The van der Waals surface area contributed by atoms with Crippen LogP contribution < -0.4 is 24.3 Å². The summed E-state index contributed by atoms with van der Waals surface area (Å²) >= 11 is 3.14. The molecule has 1 aromatic heterocycles. The van der Waals surface area contributed by atoms with Crippen molar-refractivity contribution in [2.24, 2.45) is 0 Å². The lowest BCUT2D eigenvalue weighted by Gasteiger charge is -2.08. The highest BCUT2D eigenvalue weighted by Crippen LogP contribution is 2.33. The summed E-state index contributed by atoms with van der Waals surface area (Å²) in [6, 6.07) is 11.4. The van der Waals surface area contributed by atoms with Crippen LogP contribution in [0.3, 0.4) is 0 Å². The molecule has 9 heteroatoms. The number of amides is 1. The number of nitrogens with zero attached hydrogens (tertiary/aromatic N) is 1. The van der Waals surface area contributed by atoms with Gasteiger partial charge in [-0.25, -0.2) is 4.98 Å². The summed E-state index contributed by atoms with van der Waals surface area (Å²) in [5.74, 6) is 4.23. The van der Waals surface area contributed by atoms with E-state index in [0.29, 0.717) is 16.6 Å². The average molecular weight is 471 g/mol. The predicted molar refractivity (Wildman–Crippen MR) is 127 cm³/mol. The topological polar surface area (TPSA) is 78.9 Å². The zero-order chi connectivity index (χ0) is 22.3. The van der Waals surface area contributed by atoms with Gasteiger partial charge in [-0.05, 0) is 41.5 Å². The number of anilines is 1. The van der Waals surface area contributed by atoms with Crippen LogP contribution in [0.5, 0.6) is 23.0 Å². The van der Waals surface area contributed by atoms with E-state index in [1.807, 2.05) is 41.8 Å². The van der Waals surface area contributed by atoms with Gasteiger partial charge < -0.3 is 18.9 Å². The smallest absolute Gasteiger partial charge is 0.250 e. The Balaban J connectivity index is 1.27. The summed E-state index contributed by atoms with van der Waals surface area (Å²) in [5.41, 5.74) is 2.89. The minimum absolute atomic E-state index is 0.224. The van der Waals surface area contributed by atoms with Crippen molar-refractivity contribution in [3.05, 3.63) is 64.7 Å². The maximum absolute atomic E-state index is 12.2. The summed E-state index contributed by atoms with van der Waals surface area (Å²) in [4.78, 5) is 16.7. The van der Waals surface area contributed by atoms with Gasteiger partial charge in [0.1, 0.15) is 11.5 Å². The van der Waals surface area contributed by atoms with Crippen LogP contribution >= 0.6 is 23.1 Å². The van der Waals surface area contributed by atoms with E-state index in [1.54, 1.807) is 32.1 Å². The molecule has 1 N–H and O–H groups in total. The molecule has 0 aliphatic carbocycles. The number of thiazole rings is 1. The van der Waals surface area contributed by atoms with Gasteiger partial charge in [-0.2, -0.15) is 11.8 Å². The summed E-state index contributed by atoms with van der Waals surface area (Å²) in [6.07, 6.45) is 3.20. The Morgan fingerprint density at radius 3 is 2.69 bits per heavy atom. The van der Waals surface area contributed by atoms with Crippen LogP contribution in [0, 0.1) is 0 Å². The molecule has 1 aliphatic heterocycles. The molecule has 1 amide bonds. The molecule has 7 nitrogen and oxygen atoms in total. The van der Waals surface area contributed by atoms with Gasteiger partial charge in [0, 0.05) is 29.0 Å². The van der Waals surface area contributed by atoms with Crippen molar-refractivity contribution in [2.45, 2.75) is 11.5 Å². The molecular weight excluding hydrogens is 448 g/mol. The molecule has 0 bridgehead atoms. The number of ether oxygens (including phenoxy) is 4. The number of hydrogen-bond donors (Lipinski definition) is 1. The van der Waals surface area contributed by atoms with E-state index in [2.05, 4.69) is 10.3 Å². The van der Waals surface area contributed by atoms with Gasteiger partial charge in [0.05, 0.1) is 19.9 Å². The fourth-order valence-electron chi connectivity index (χ4n) is 2.99. The normalized spacial score (nSPS) is 12.2. The van der Waals surface area contributed by atoms with Gasteiger partial charge in [0.25, 0.3) is 0 Å². The van der Waals surface area contributed by atoms with Crippen LogP contribution in [0.25, 0.3) is 6.08 Å². The van der Waals surface area contributed by atoms with Gasteiger partial charge in [-0.15, -0.1) is 11.3 Å². The van der Waals surface area contributed by atoms with Crippen molar-refractivity contribution in [1.82, 2.24) is 4.98 Å². The first-order valence-corrected chi connectivity index (χ1v) is 11.8. The molecule has 0 saturated carbocycles. The third-order valence-corrected chi connectivity index (χ3v) is 6.38. The summed E-state index contributed by atoms with van der Waals surface area (Å²) in [5, 5.41) is 5.33. The standard InChI is InChI=1S/C23H22N2O5S2/c1-27-18-7-16(8-19(10-18)28-2)11-31-12-17-13-32-23(24-17)25-22(26)6-4-15-3-5-20-21(9-15)30-14-29-20/h3-10,13H,11-12,14H2,1-2H3,(H,24,25,26)/b6-4+. The van der Waals surface area contributed by atoms with Crippen molar-refractivity contribution in [2.75, 3.05) is 26.3 Å². The lowest BCUT2D eigenvalue weighted by atomic mass is 10.2. The number of thioether (sulfide) groups is 1. The van der Waals surface area contributed by atoms with Crippen molar-refractivity contribution in [3.63, 3.8) is 0 Å². The maximum atomic E-state index is 12.2. The van der Waals surface area contributed by atoms with Crippen LogP contribution in [0.1, 0.15) is 16.8 Å². The van der Waals surface area contributed by atoms with Crippen LogP contribution in [-0.2, 0) is 16.3 Å². The SMILES string of the molecule is COc1cc(CSCc2csc(NC(=O)/C=C/c3ccc4c(c3)OCO4)n2)cc(OC)c1. The molecule has 0 atom stereocenters. The average Bonchev–Trinajstić information content (AvgIpc) is 3.46. The molecule has 0 fully saturated rings. The highest BCUT2D eigenvalue weighted by atomic mass is 32.2. The van der Waals surface area contributed by atoms with E-state index in [-0.39, 0.29) is 12.7 Å². The molecule has 0 spiro atoms. The minimum Gasteiger partial charge on any atom is -0.497 e. The Kier molecular flexibility index (Phi) is 7.18. The van der Waals surface area contributed by atoms with E-state index in [1.165, 1.54) is 17.4 Å². The molecule has 32 heavy (non-hydrogen) atoms. The van der Waals surface area contributed by atoms with Gasteiger partial charge in [0.2, 0.25) is 12.7 Å². The first-order valence-electron chi connectivity index (χ1n) is 9.76. The largest absolute Gasteiger partial charge is 0.497 e. The van der Waals surface area contributed by atoms with Crippen molar-refractivity contribution >= 4 is 40.2 Å². The fraction of sp³-hybridized carbons (Fsp3) is 0.217. The zero-order valence-corrected chi connectivity index (χ0v) is 19.3.